The second-order valence-electron chi connectivity index (χ2n) is 6.00. The number of aryl methyl sites for hydroxylation is 1. The van der Waals surface area contributed by atoms with E-state index < -0.39 is 0 Å². The van der Waals surface area contributed by atoms with E-state index in [1.165, 1.54) is 44.6 Å². The smallest absolute Gasteiger partial charge is 0.138 e. The van der Waals surface area contributed by atoms with Gasteiger partial charge in [0, 0.05) is 0 Å². The standard InChI is InChI=1S/C14H13ClO.C7H16.C2H4O/c1-11-6-8-12(9-7-11)10-16-14-5-3-2-4-13(14)15;1-3-5-7-6-4-2;1-2-3/h2-9H,10H2,1H3;3-7H2,1-2H3;2H,1H3. The van der Waals surface area contributed by atoms with Gasteiger partial charge in [0.1, 0.15) is 18.6 Å². The molecule has 0 atom stereocenters. The van der Waals surface area contributed by atoms with Gasteiger partial charge in [0.2, 0.25) is 0 Å². The Morgan fingerprint density at radius 3 is 1.96 bits per heavy atom. The van der Waals surface area contributed by atoms with Crippen LogP contribution in [0.3, 0.4) is 0 Å². The van der Waals surface area contributed by atoms with Gasteiger partial charge in [-0.2, -0.15) is 0 Å². The van der Waals surface area contributed by atoms with E-state index in [-0.39, 0.29) is 0 Å². The lowest BCUT2D eigenvalue weighted by atomic mass is 10.2. The van der Waals surface area contributed by atoms with E-state index in [9.17, 15) is 0 Å². The Hall–Kier alpha value is -1.80. The minimum absolute atomic E-state index is 0.546. The van der Waals surface area contributed by atoms with Gasteiger partial charge in [-0.3, -0.25) is 0 Å². The molecule has 0 N–H and O–H groups in total. The number of hydrogen-bond acceptors (Lipinski definition) is 2. The third-order valence-electron chi connectivity index (χ3n) is 3.56. The Labute approximate surface area is 164 Å². The first-order valence-corrected chi connectivity index (χ1v) is 9.79. The molecular weight excluding hydrogens is 344 g/mol. The van der Waals surface area contributed by atoms with Gasteiger partial charge >= 0.3 is 0 Å². The van der Waals surface area contributed by atoms with Crippen LogP contribution in [0.4, 0.5) is 0 Å². The number of carbonyl (C=O) groups excluding carboxylic acids is 1. The molecule has 0 bridgehead atoms. The average molecular weight is 377 g/mol. The molecular formula is C23H33ClO2. The van der Waals surface area contributed by atoms with Crippen LogP contribution in [0.15, 0.2) is 48.5 Å². The fourth-order valence-electron chi connectivity index (χ4n) is 2.08. The largest absolute Gasteiger partial charge is 0.487 e. The summed E-state index contributed by atoms with van der Waals surface area (Å²) in [6, 6.07) is 15.8. The maximum Gasteiger partial charge on any atom is 0.138 e. The Bertz CT molecular complexity index is 575. The van der Waals surface area contributed by atoms with Crippen molar-refractivity contribution in [1.29, 1.82) is 0 Å². The summed E-state index contributed by atoms with van der Waals surface area (Å²) in [6.07, 6.45) is 7.76. The molecule has 0 saturated carbocycles. The SMILES string of the molecule is CC=O.CCCCCCC.Cc1ccc(COc2ccccc2Cl)cc1. The zero-order valence-corrected chi connectivity index (χ0v) is 17.4. The summed E-state index contributed by atoms with van der Waals surface area (Å²) in [5.74, 6) is 0.727. The molecule has 0 aliphatic carbocycles. The molecule has 26 heavy (non-hydrogen) atoms. The van der Waals surface area contributed by atoms with Gasteiger partial charge in [0.05, 0.1) is 5.02 Å². The molecule has 0 fully saturated rings. The van der Waals surface area contributed by atoms with Gasteiger partial charge in [-0.25, -0.2) is 0 Å². The monoisotopic (exact) mass is 376 g/mol. The summed E-state index contributed by atoms with van der Waals surface area (Å²) in [5, 5.41) is 0.648. The summed E-state index contributed by atoms with van der Waals surface area (Å²) in [6.45, 7) is 8.55. The van der Waals surface area contributed by atoms with Crippen molar-refractivity contribution in [3.63, 3.8) is 0 Å². The van der Waals surface area contributed by atoms with E-state index in [1.54, 1.807) is 0 Å². The number of halogens is 1. The zero-order chi connectivity index (χ0) is 19.6. The van der Waals surface area contributed by atoms with E-state index >= 15 is 0 Å². The molecule has 2 aromatic rings. The molecule has 144 valence electrons. The van der Waals surface area contributed by atoms with Crippen molar-refractivity contribution in [3.8, 4) is 5.75 Å². The number of ether oxygens (including phenoxy) is 1. The topological polar surface area (TPSA) is 26.3 Å². The van der Waals surface area contributed by atoms with E-state index in [0.717, 1.165) is 17.6 Å². The number of para-hydroxylation sites is 1. The number of carbonyl (C=O) groups is 1. The van der Waals surface area contributed by atoms with Crippen LogP contribution in [-0.2, 0) is 11.4 Å². The van der Waals surface area contributed by atoms with E-state index in [4.69, 9.17) is 21.1 Å². The van der Waals surface area contributed by atoms with Crippen molar-refractivity contribution in [3.05, 3.63) is 64.7 Å². The molecule has 2 nitrogen and oxygen atoms in total. The van der Waals surface area contributed by atoms with Gasteiger partial charge in [-0.05, 0) is 31.5 Å². The van der Waals surface area contributed by atoms with E-state index in [1.807, 2.05) is 24.3 Å². The molecule has 0 spiro atoms. The molecule has 2 rings (SSSR count). The Balaban J connectivity index is 0.000000526. The van der Waals surface area contributed by atoms with Crippen LogP contribution in [0.2, 0.25) is 5.02 Å². The number of aldehydes is 1. The minimum Gasteiger partial charge on any atom is -0.487 e. The molecule has 0 radical (unpaired) electrons. The van der Waals surface area contributed by atoms with Crippen molar-refractivity contribution in [2.24, 2.45) is 0 Å². The number of benzene rings is 2. The summed E-state index contributed by atoms with van der Waals surface area (Å²) in [7, 11) is 0. The van der Waals surface area contributed by atoms with Crippen molar-refractivity contribution >= 4 is 17.9 Å². The van der Waals surface area contributed by atoms with Crippen LogP contribution in [0.25, 0.3) is 0 Å². The van der Waals surface area contributed by atoms with E-state index in [2.05, 4.69) is 45.0 Å². The van der Waals surface area contributed by atoms with Crippen molar-refractivity contribution in [2.75, 3.05) is 0 Å². The maximum absolute atomic E-state index is 8.81. The maximum atomic E-state index is 8.81. The normalized spacial score (nSPS) is 9.27. The first-order valence-electron chi connectivity index (χ1n) is 9.41. The van der Waals surface area contributed by atoms with Crippen LogP contribution in [0.5, 0.6) is 5.75 Å². The Morgan fingerprint density at radius 2 is 1.46 bits per heavy atom. The second-order valence-corrected chi connectivity index (χ2v) is 6.41. The average Bonchev–Trinajstić information content (AvgIpc) is 2.64. The van der Waals surface area contributed by atoms with Gasteiger partial charge in [-0.15, -0.1) is 0 Å². The number of rotatable bonds is 7. The highest BCUT2D eigenvalue weighted by atomic mass is 35.5. The van der Waals surface area contributed by atoms with Crippen LogP contribution in [0, 0.1) is 6.92 Å². The summed E-state index contributed by atoms with van der Waals surface area (Å²) in [5.41, 5.74) is 2.40. The van der Waals surface area contributed by atoms with Gasteiger partial charge < -0.3 is 9.53 Å². The molecule has 0 saturated heterocycles. The molecule has 3 heteroatoms. The fourth-order valence-corrected chi connectivity index (χ4v) is 2.27. The molecule has 0 aromatic heterocycles. The molecule has 0 unspecified atom stereocenters. The van der Waals surface area contributed by atoms with E-state index in [0.29, 0.717) is 11.6 Å². The molecule has 0 amide bonds. The predicted octanol–water partition coefficient (Wildman–Crippen LogP) is 7.41. The van der Waals surface area contributed by atoms with Crippen molar-refractivity contribution in [1.82, 2.24) is 0 Å². The molecule has 0 aliphatic rings. The predicted molar refractivity (Wildman–Crippen MR) is 113 cm³/mol. The summed E-state index contributed by atoms with van der Waals surface area (Å²) < 4.78 is 5.63. The Morgan fingerprint density at radius 1 is 0.923 bits per heavy atom. The van der Waals surface area contributed by atoms with Crippen molar-refractivity contribution in [2.45, 2.75) is 66.4 Å². The zero-order valence-electron chi connectivity index (χ0n) is 16.6. The molecule has 0 aliphatic heterocycles. The second kappa shape index (κ2) is 16.7. The highest BCUT2D eigenvalue weighted by molar-refractivity contribution is 6.32. The third kappa shape index (κ3) is 12.5. The van der Waals surface area contributed by atoms with Gasteiger partial charge in [-0.1, -0.05) is 99.5 Å². The lowest BCUT2D eigenvalue weighted by Crippen LogP contribution is -1.95. The van der Waals surface area contributed by atoms with Crippen LogP contribution in [-0.4, -0.2) is 6.29 Å². The first kappa shape index (κ1) is 24.2. The Kier molecular flexibility index (Phi) is 15.5. The fraction of sp³-hybridized carbons (Fsp3) is 0.435. The molecule has 0 heterocycles. The van der Waals surface area contributed by atoms with Crippen molar-refractivity contribution < 1.29 is 9.53 Å². The summed E-state index contributed by atoms with van der Waals surface area (Å²) >= 11 is 5.99. The number of hydrogen-bond donors (Lipinski definition) is 0. The molecule has 2 aromatic carbocycles. The van der Waals surface area contributed by atoms with Crippen LogP contribution in [0.1, 0.15) is 64.0 Å². The quantitative estimate of drug-likeness (QED) is 0.371. The first-order chi connectivity index (χ1) is 12.6. The highest BCUT2D eigenvalue weighted by Gasteiger charge is 1.99. The third-order valence-corrected chi connectivity index (χ3v) is 3.87. The minimum atomic E-state index is 0.546. The van der Waals surface area contributed by atoms with Crippen LogP contribution < -0.4 is 4.74 Å². The highest BCUT2D eigenvalue weighted by Crippen LogP contribution is 2.24. The van der Waals surface area contributed by atoms with Crippen LogP contribution >= 0.6 is 11.6 Å². The van der Waals surface area contributed by atoms with Gasteiger partial charge in [0.15, 0.2) is 0 Å². The van der Waals surface area contributed by atoms with Gasteiger partial charge in [0.25, 0.3) is 0 Å². The lowest BCUT2D eigenvalue weighted by molar-refractivity contribution is -0.106. The summed E-state index contributed by atoms with van der Waals surface area (Å²) in [4.78, 5) is 8.81. The lowest BCUT2D eigenvalue weighted by Gasteiger charge is -2.07. The number of unbranched alkanes of at least 4 members (excludes halogenated alkanes) is 4.